The third-order valence-corrected chi connectivity index (χ3v) is 3.94. The summed E-state index contributed by atoms with van der Waals surface area (Å²) < 4.78 is 2.02. The van der Waals surface area contributed by atoms with Crippen molar-refractivity contribution in [2.75, 3.05) is 6.26 Å². The van der Waals surface area contributed by atoms with Crippen molar-refractivity contribution in [3.8, 4) is 22.6 Å². The molecule has 4 heteroatoms. The van der Waals surface area contributed by atoms with E-state index in [1.165, 1.54) is 4.90 Å². The standard InChI is InChI=1S/C17H16N3S/c1-20-9-6-13(7-10-20)16-11-14(21-2)12-17(19-16)15-5-3-4-8-18-15/h3-12H,1-2H3/q+1. The quantitative estimate of drug-likeness (QED) is 0.548. The van der Waals surface area contributed by atoms with E-state index < -0.39 is 0 Å². The summed E-state index contributed by atoms with van der Waals surface area (Å²) >= 11 is 1.72. The minimum Gasteiger partial charge on any atom is -0.255 e. The predicted molar refractivity (Wildman–Crippen MR) is 85.9 cm³/mol. The lowest BCUT2D eigenvalue weighted by atomic mass is 10.1. The van der Waals surface area contributed by atoms with Crippen LogP contribution in [0.4, 0.5) is 0 Å². The first-order valence-corrected chi connectivity index (χ1v) is 7.92. The maximum atomic E-state index is 4.77. The molecule has 3 aromatic rings. The number of aryl methyl sites for hydroxylation is 1. The van der Waals surface area contributed by atoms with Gasteiger partial charge in [0.2, 0.25) is 0 Å². The maximum Gasteiger partial charge on any atom is 0.169 e. The summed E-state index contributed by atoms with van der Waals surface area (Å²) in [7, 11) is 2.01. The van der Waals surface area contributed by atoms with E-state index >= 15 is 0 Å². The highest BCUT2D eigenvalue weighted by Crippen LogP contribution is 2.27. The second-order valence-corrected chi connectivity index (χ2v) is 5.62. The van der Waals surface area contributed by atoms with Crippen molar-refractivity contribution in [2.45, 2.75) is 4.90 Å². The Bertz CT molecular complexity index is 740. The van der Waals surface area contributed by atoms with E-state index in [4.69, 9.17) is 4.98 Å². The molecular weight excluding hydrogens is 278 g/mol. The lowest BCUT2D eigenvalue weighted by molar-refractivity contribution is -0.671. The fraction of sp³-hybridized carbons (Fsp3) is 0.118. The van der Waals surface area contributed by atoms with Crippen LogP contribution in [0.3, 0.4) is 0 Å². The first-order chi connectivity index (χ1) is 10.3. The lowest BCUT2D eigenvalue weighted by Gasteiger charge is -2.07. The molecule has 0 aromatic carbocycles. The van der Waals surface area contributed by atoms with Crippen LogP contribution < -0.4 is 4.57 Å². The Kier molecular flexibility index (Phi) is 3.97. The summed E-state index contributed by atoms with van der Waals surface area (Å²) in [5, 5.41) is 0. The van der Waals surface area contributed by atoms with Gasteiger partial charge < -0.3 is 0 Å². The number of hydrogen-bond donors (Lipinski definition) is 0. The molecule has 0 saturated carbocycles. The number of hydrogen-bond acceptors (Lipinski definition) is 3. The molecule has 104 valence electrons. The molecule has 3 heterocycles. The van der Waals surface area contributed by atoms with E-state index in [1.54, 1.807) is 18.0 Å². The number of rotatable bonds is 3. The summed E-state index contributed by atoms with van der Waals surface area (Å²) in [6.45, 7) is 0. The van der Waals surface area contributed by atoms with Crippen LogP contribution in [0.1, 0.15) is 0 Å². The van der Waals surface area contributed by atoms with Gasteiger partial charge in [0.1, 0.15) is 7.05 Å². The SMILES string of the molecule is CSc1cc(-c2cc[n+](C)cc2)nc(-c2ccccn2)c1. The molecule has 0 N–H and O–H groups in total. The van der Waals surface area contributed by atoms with Crippen LogP contribution in [0.5, 0.6) is 0 Å². The molecule has 3 aromatic heterocycles. The van der Waals surface area contributed by atoms with Crippen molar-refractivity contribution in [1.82, 2.24) is 9.97 Å². The first-order valence-electron chi connectivity index (χ1n) is 6.69. The van der Waals surface area contributed by atoms with Crippen LogP contribution in [0.2, 0.25) is 0 Å². The van der Waals surface area contributed by atoms with Crippen LogP contribution in [0, 0.1) is 0 Å². The Balaban J connectivity index is 2.11. The van der Waals surface area contributed by atoms with E-state index in [0.717, 1.165) is 22.6 Å². The summed E-state index contributed by atoms with van der Waals surface area (Å²) in [4.78, 5) is 10.4. The second kappa shape index (κ2) is 6.06. The minimum absolute atomic E-state index is 0.899. The van der Waals surface area contributed by atoms with E-state index in [9.17, 15) is 0 Å². The molecule has 0 unspecified atom stereocenters. The Hall–Kier alpha value is -2.20. The van der Waals surface area contributed by atoms with Crippen LogP contribution in [0.15, 0.2) is 66.0 Å². The molecule has 0 aliphatic rings. The van der Waals surface area contributed by atoms with Gasteiger partial charge in [0.05, 0.1) is 17.1 Å². The zero-order valence-electron chi connectivity index (χ0n) is 12.0. The maximum absolute atomic E-state index is 4.77. The molecule has 3 nitrogen and oxygen atoms in total. The van der Waals surface area contributed by atoms with Gasteiger partial charge in [-0.2, -0.15) is 0 Å². The molecule has 0 saturated heterocycles. The van der Waals surface area contributed by atoms with Gasteiger partial charge in [-0.1, -0.05) is 6.07 Å². The average Bonchev–Trinajstić information content (AvgIpc) is 2.56. The van der Waals surface area contributed by atoms with Crippen LogP contribution in [-0.2, 0) is 7.05 Å². The summed E-state index contributed by atoms with van der Waals surface area (Å²) in [5.41, 5.74) is 3.89. The molecular formula is C17H16N3S+. The molecule has 3 rings (SSSR count). The van der Waals surface area contributed by atoms with Gasteiger partial charge in [0.25, 0.3) is 0 Å². The summed E-state index contributed by atoms with van der Waals surface area (Å²) in [6, 6.07) is 14.2. The van der Waals surface area contributed by atoms with Gasteiger partial charge in [0, 0.05) is 28.8 Å². The van der Waals surface area contributed by atoms with Crippen molar-refractivity contribution in [1.29, 1.82) is 0 Å². The van der Waals surface area contributed by atoms with Crippen LogP contribution in [-0.4, -0.2) is 16.2 Å². The Morgan fingerprint density at radius 1 is 0.952 bits per heavy atom. The van der Waals surface area contributed by atoms with Gasteiger partial charge in [0.15, 0.2) is 12.4 Å². The van der Waals surface area contributed by atoms with E-state index in [1.807, 2.05) is 42.2 Å². The van der Waals surface area contributed by atoms with Gasteiger partial charge >= 0.3 is 0 Å². The Labute approximate surface area is 128 Å². The van der Waals surface area contributed by atoms with Crippen LogP contribution in [0.25, 0.3) is 22.6 Å². The molecule has 21 heavy (non-hydrogen) atoms. The van der Waals surface area contributed by atoms with Crippen molar-refractivity contribution in [3.05, 3.63) is 61.1 Å². The van der Waals surface area contributed by atoms with Gasteiger partial charge in [-0.25, -0.2) is 9.55 Å². The number of nitrogens with zero attached hydrogens (tertiary/aromatic N) is 3. The minimum atomic E-state index is 0.899. The predicted octanol–water partition coefficient (Wildman–Crippen LogP) is 3.36. The highest BCUT2D eigenvalue weighted by atomic mass is 32.2. The van der Waals surface area contributed by atoms with Crippen molar-refractivity contribution < 1.29 is 4.57 Å². The van der Waals surface area contributed by atoms with E-state index in [2.05, 4.69) is 35.5 Å². The topological polar surface area (TPSA) is 29.7 Å². The second-order valence-electron chi connectivity index (χ2n) is 4.74. The van der Waals surface area contributed by atoms with Gasteiger partial charge in [-0.05, 0) is 30.5 Å². The Morgan fingerprint density at radius 3 is 2.38 bits per heavy atom. The normalized spacial score (nSPS) is 10.6. The summed E-state index contributed by atoms with van der Waals surface area (Å²) in [6.07, 6.45) is 7.93. The highest BCUT2D eigenvalue weighted by molar-refractivity contribution is 7.98. The number of aromatic nitrogens is 3. The fourth-order valence-corrected chi connectivity index (χ4v) is 2.55. The molecule has 0 atom stereocenters. The van der Waals surface area contributed by atoms with Crippen LogP contribution >= 0.6 is 11.8 Å². The largest absolute Gasteiger partial charge is 0.255 e. The third kappa shape index (κ3) is 3.11. The molecule has 0 radical (unpaired) electrons. The number of pyridine rings is 3. The number of thioether (sulfide) groups is 1. The first kappa shape index (κ1) is 13.8. The van der Waals surface area contributed by atoms with Gasteiger partial charge in [-0.15, -0.1) is 11.8 Å². The highest BCUT2D eigenvalue weighted by Gasteiger charge is 2.08. The zero-order chi connectivity index (χ0) is 14.7. The van der Waals surface area contributed by atoms with Crippen molar-refractivity contribution in [2.24, 2.45) is 7.05 Å². The molecule has 0 fully saturated rings. The van der Waals surface area contributed by atoms with Crippen molar-refractivity contribution in [3.63, 3.8) is 0 Å². The smallest absolute Gasteiger partial charge is 0.169 e. The average molecular weight is 294 g/mol. The molecule has 0 aliphatic carbocycles. The fourth-order valence-electron chi connectivity index (χ4n) is 2.09. The molecule has 0 amide bonds. The monoisotopic (exact) mass is 294 g/mol. The lowest BCUT2D eigenvalue weighted by Crippen LogP contribution is -2.25. The summed E-state index contributed by atoms with van der Waals surface area (Å²) in [5.74, 6) is 0. The van der Waals surface area contributed by atoms with E-state index in [-0.39, 0.29) is 0 Å². The zero-order valence-corrected chi connectivity index (χ0v) is 12.8. The molecule has 0 aliphatic heterocycles. The molecule has 0 bridgehead atoms. The third-order valence-electron chi connectivity index (χ3n) is 3.24. The molecule has 0 spiro atoms. The van der Waals surface area contributed by atoms with Gasteiger partial charge in [-0.3, -0.25) is 4.98 Å². The van der Waals surface area contributed by atoms with E-state index in [0.29, 0.717) is 0 Å². The Morgan fingerprint density at radius 2 is 1.71 bits per heavy atom. The van der Waals surface area contributed by atoms with Crippen molar-refractivity contribution >= 4 is 11.8 Å².